The van der Waals surface area contributed by atoms with Crippen LogP contribution in [0, 0.1) is 17.3 Å². The minimum Gasteiger partial charge on any atom is -0.508 e. The Hall–Kier alpha value is -1.69. The molecule has 0 amide bonds. The molecule has 5 rings (SSSR count). The van der Waals surface area contributed by atoms with Crippen LogP contribution in [0.2, 0.25) is 0 Å². The van der Waals surface area contributed by atoms with E-state index in [-0.39, 0.29) is 22.5 Å². The molecule has 160 valence electrons. The van der Waals surface area contributed by atoms with E-state index in [1.165, 1.54) is 5.56 Å². The Morgan fingerprint density at radius 3 is 2.50 bits per heavy atom. The number of benzene rings is 2. The molecule has 2 fully saturated rings. The Bertz CT molecular complexity index is 929. The van der Waals surface area contributed by atoms with E-state index < -0.39 is 6.10 Å². The van der Waals surface area contributed by atoms with E-state index in [0.29, 0.717) is 17.8 Å². The standard InChI is InChI=1S/C25H30O4S/c1-25-12-11-18-17-8-5-15(29-2)13-19(17)23(28)24(22(18)20(25)9-10-21(25)27)30-16-6-3-14(26)4-7-16/h3-8,13,18,20-24,26-28H,9-12H2,1-2H3/t18?,20?,21?,22?,23?,24?,25-/m0/s1. The zero-order chi connectivity index (χ0) is 21.0. The SMILES string of the molecule is COc1ccc2c(c1)C(O)C(Sc1ccc(O)cc1)C1C2CC[C@]2(C)C(O)CCC12. The lowest BCUT2D eigenvalue weighted by Crippen LogP contribution is -2.49. The molecule has 2 aromatic rings. The van der Waals surface area contributed by atoms with Crippen molar-refractivity contribution in [3.63, 3.8) is 0 Å². The molecule has 2 saturated carbocycles. The summed E-state index contributed by atoms with van der Waals surface area (Å²) in [5.41, 5.74) is 2.16. The summed E-state index contributed by atoms with van der Waals surface area (Å²) in [5, 5.41) is 32.0. The number of ether oxygens (including phenoxy) is 1. The molecule has 2 aromatic carbocycles. The zero-order valence-corrected chi connectivity index (χ0v) is 18.3. The van der Waals surface area contributed by atoms with Gasteiger partial charge >= 0.3 is 0 Å². The Labute approximate surface area is 182 Å². The summed E-state index contributed by atoms with van der Waals surface area (Å²) >= 11 is 1.71. The van der Waals surface area contributed by atoms with E-state index in [1.807, 2.05) is 24.3 Å². The second kappa shape index (κ2) is 7.47. The lowest BCUT2D eigenvalue weighted by atomic mass is 9.55. The Morgan fingerprint density at radius 2 is 1.77 bits per heavy atom. The molecule has 6 unspecified atom stereocenters. The fourth-order valence-electron chi connectivity index (χ4n) is 6.47. The Morgan fingerprint density at radius 1 is 1.00 bits per heavy atom. The van der Waals surface area contributed by atoms with Gasteiger partial charge in [-0.05, 0) is 96.4 Å². The van der Waals surface area contributed by atoms with Gasteiger partial charge in [-0.3, -0.25) is 0 Å². The highest BCUT2D eigenvalue weighted by Crippen LogP contribution is 2.64. The van der Waals surface area contributed by atoms with Gasteiger partial charge in [-0.1, -0.05) is 13.0 Å². The number of phenolic OH excluding ortho intramolecular Hbond substituents is 1. The highest BCUT2D eigenvalue weighted by molar-refractivity contribution is 8.00. The molecule has 0 spiro atoms. The van der Waals surface area contributed by atoms with E-state index in [1.54, 1.807) is 31.0 Å². The summed E-state index contributed by atoms with van der Waals surface area (Å²) in [4.78, 5) is 1.05. The van der Waals surface area contributed by atoms with Crippen LogP contribution < -0.4 is 4.74 Å². The molecule has 5 heteroatoms. The number of aromatic hydroxyl groups is 1. The molecule has 7 atom stereocenters. The molecule has 3 aliphatic rings. The first-order chi connectivity index (χ1) is 14.4. The van der Waals surface area contributed by atoms with Gasteiger partial charge in [-0.2, -0.15) is 0 Å². The minimum atomic E-state index is -0.602. The Kier molecular flexibility index (Phi) is 5.04. The number of rotatable bonds is 3. The molecule has 0 heterocycles. The molecule has 0 saturated heterocycles. The predicted octanol–water partition coefficient (Wildman–Crippen LogP) is 4.88. The zero-order valence-electron chi connectivity index (χ0n) is 17.5. The van der Waals surface area contributed by atoms with Gasteiger partial charge in [0.25, 0.3) is 0 Å². The molecular formula is C25H30O4S. The van der Waals surface area contributed by atoms with E-state index >= 15 is 0 Å². The van der Waals surface area contributed by atoms with Crippen LogP contribution in [0.4, 0.5) is 0 Å². The normalized spacial score (nSPS) is 37.2. The van der Waals surface area contributed by atoms with Crippen molar-refractivity contribution in [2.45, 2.75) is 60.9 Å². The summed E-state index contributed by atoms with van der Waals surface area (Å²) in [6, 6.07) is 13.4. The van der Waals surface area contributed by atoms with Crippen LogP contribution in [0.5, 0.6) is 11.5 Å². The third kappa shape index (κ3) is 3.05. The van der Waals surface area contributed by atoms with Crippen molar-refractivity contribution in [1.82, 2.24) is 0 Å². The summed E-state index contributed by atoms with van der Waals surface area (Å²) in [5.74, 6) is 2.10. The van der Waals surface area contributed by atoms with Crippen LogP contribution in [0.3, 0.4) is 0 Å². The molecule has 0 aromatic heterocycles. The third-order valence-corrected chi connectivity index (χ3v) is 9.48. The van der Waals surface area contributed by atoms with Gasteiger partial charge in [0.15, 0.2) is 0 Å². The minimum absolute atomic E-state index is 0.00549. The van der Waals surface area contributed by atoms with Crippen LogP contribution in [0.15, 0.2) is 47.4 Å². The molecule has 0 bridgehead atoms. The van der Waals surface area contributed by atoms with Crippen molar-refractivity contribution in [3.05, 3.63) is 53.6 Å². The number of thioether (sulfide) groups is 1. The maximum atomic E-state index is 11.6. The van der Waals surface area contributed by atoms with Crippen LogP contribution in [0.1, 0.15) is 55.8 Å². The van der Waals surface area contributed by atoms with Gasteiger partial charge in [0.2, 0.25) is 0 Å². The molecular weight excluding hydrogens is 396 g/mol. The number of hydrogen-bond donors (Lipinski definition) is 3. The number of aliphatic hydroxyl groups excluding tert-OH is 2. The highest BCUT2D eigenvalue weighted by Gasteiger charge is 2.58. The summed E-state index contributed by atoms with van der Waals surface area (Å²) < 4.78 is 5.45. The van der Waals surface area contributed by atoms with E-state index in [4.69, 9.17) is 4.74 Å². The van der Waals surface area contributed by atoms with E-state index in [2.05, 4.69) is 13.0 Å². The van der Waals surface area contributed by atoms with Crippen LogP contribution in [0.25, 0.3) is 0 Å². The lowest BCUT2D eigenvalue weighted by Gasteiger charge is -2.54. The van der Waals surface area contributed by atoms with Crippen molar-refractivity contribution < 1.29 is 20.1 Å². The molecule has 3 aliphatic carbocycles. The largest absolute Gasteiger partial charge is 0.508 e. The first-order valence-electron chi connectivity index (χ1n) is 10.9. The lowest BCUT2D eigenvalue weighted by molar-refractivity contribution is -0.0341. The molecule has 3 N–H and O–H groups in total. The first kappa shape index (κ1) is 20.2. The van der Waals surface area contributed by atoms with Crippen molar-refractivity contribution in [2.24, 2.45) is 17.3 Å². The highest BCUT2D eigenvalue weighted by atomic mass is 32.2. The fraction of sp³-hybridized carbons (Fsp3) is 0.520. The van der Waals surface area contributed by atoms with Crippen molar-refractivity contribution >= 4 is 11.8 Å². The number of methoxy groups -OCH3 is 1. The van der Waals surface area contributed by atoms with Crippen molar-refractivity contribution in [2.75, 3.05) is 7.11 Å². The second-order valence-electron chi connectivity index (χ2n) is 9.44. The van der Waals surface area contributed by atoms with Crippen LogP contribution in [-0.4, -0.2) is 33.8 Å². The smallest absolute Gasteiger partial charge is 0.119 e. The van der Waals surface area contributed by atoms with Crippen LogP contribution >= 0.6 is 11.8 Å². The average Bonchev–Trinajstić information content (AvgIpc) is 3.06. The second-order valence-corrected chi connectivity index (χ2v) is 10.7. The Balaban J connectivity index is 1.59. The number of hydrogen-bond acceptors (Lipinski definition) is 5. The number of aliphatic hydroxyl groups is 2. The average molecular weight is 427 g/mol. The monoisotopic (exact) mass is 426 g/mol. The topological polar surface area (TPSA) is 69.9 Å². The fourth-order valence-corrected chi connectivity index (χ4v) is 7.89. The van der Waals surface area contributed by atoms with Crippen LogP contribution in [-0.2, 0) is 0 Å². The van der Waals surface area contributed by atoms with Gasteiger partial charge in [0.05, 0.1) is 19.3 Å². The summed E-state index contributed by atoms with van der Waals surface area (Å²) in [7, 11) is 1.66. The van der Waals surface area contributed by atoms with E-state index in [0.717, 1.165) is 41.9 Å². The number of phenols is 1. The van der Waals surface area contributed by atoms with Gasteiger partial charge < -0.3 is 20.1 Å². The summed E-state index contributed by atoms with van der Waals surface area (Å²) in [6.07, 6.45) is 3.08. The molecule has 30 heavy (non-hydrogen) atoms. The van der Waals surface area contributed by atoms with E-state index in [9.17, 15) is 15.3 Å². The maximum Gasteiger partial charge on any atom is 0.119 e. The third-order valence-electron chi connectivity index (χ3n) is 8.09. The quantitative estimate of drug-likeness (QED) is 0.653. The van der Waals surface area contributed by atoms with Gasteiger partial charge in [-0.15, -0.1) is 11.8 Å². The summed E-state index contributed by atoms with van der Waals surface area (Å²) in [6.45, 7) is 2.25. The van der Waals surface area contributed by atoms with Crippen molar-refractivity contribution in [1.29, 1.82) is 0 Å². The molecule has 0 radical (unpaired) electrons. The molecule has 0 aliphatic heterocycles. The molecule has 4 nitrogen and oxygen atoms in total. The van der Waals surface area contributed by atoms with Gasteiger partial charge in [0, 0.05) is 10.1 Å². The predicted molar refractivity (Wildman–Crippen MR) is 118 cm³/mol. The maximum absolute atomic E-state index is 11.6. The first-order valence-corrected chi connectivity index (χ1v) is 11.8. The van der Waals surface area contributed by atoms with Gasteiger partial charge in [0.1, 0.15) is 11.5 Å². The van der Waals surface area contributed by atoms with Crippen molar-refractivity contribution in [3.8, 4) is 11.5 Å². The number of fused-ring (bicyclic) bond motifs is 5. The van der Waals surface area contributed by atoms with Gasteiger partial charge in [-0.25, -0.2) is 0 Å².